The number of ether oxygens (including phenoxy) is 1. The van der Waals surface area contributed by atoms with Gasteiger partial charge in [0, 0.05) is 29.9 Å². The van der Waals surface area contributed by atoms with Crippen molar-refractivity contribution < 1.29 is 29.2 Å². The number of non-ortho nitro benzene ring substituents is 1. The molecule has 11 heteroatoms. The summed E-state index contributed by atoms with van der Waals surface area (Å²) in [6, 6.07) is 4.57. The van der Waals surface area contributed by atoms with E-state index in [0.29, 0.717) is 29.8 Å². The molecule has 2 N–H and O–H groups in total. The highest BCUT2D eigenvalue weighted by Gasteiger charge is 2.46. The highest BCUT2D eigenvalue weighted by atomic mass is 16.6. The van der Waals surface area contributed by atoms with Crippen LogP contribution in [0.5, 0.6) is 0 Å². The Kier molecular flexibility index (Phi) is 7.39. The number of aryl methyl sites for hydroxylation is 1. The first-order valence-corrected chi connectivity index (χ1v) is 10.9. The second kappa shape index (κ2) is 10.1. The summed E-state index contributed by atoms with van der Waals surface area (Å²) in [6.45, 7) is 4.12. The van der Waals surface area contributed by atoms with Crippen molar-refractivity contribution in [3.05, 3.63) is 68.0 Å². The van der Waals surface area contributed by atoms with Gasteiger partial charge in [-0.05, 0) is 64.2 Å². The van der Waals surface area contributed by atoms with Gasteiger partial charge in [-0.25, -0.2) is 4.79 Å². The molecule has 2 heterocycles. The van der Waals surface area contributed by atoms with Crippen molar-refractivity contribution in [2.45, 2.75) is 26.3 Å². The van der Waals surface area contributed by atoms with Crippen molar-refractivity contribution in [2.75, 3.05) is 34.3 Å². The fourth-order valence-electron chi connectivity index (χ4n) is 4.34. The van der Waals surface area contributed by atoms with Crippen molar-refractivity contribution >= 4 is 29.1 Å². The van der Waals surface area contributed by atoms with Crippen LogP contribution in [-0.4, -0.2) is 76.8 Å². The van der Waals surface area contributed by atoms with Gasteiger partial charge in [-0.3, -0.25) is 19.7 Å². The Morgan fingerprint density at radius 2 is 1.86 bits per heavy atom. The first kappa shape index (κ1) is 25.6. The van der Waals surface area contributed by atoms with E-state index in [1.165, 1.54) is 36.3 Å². The maximum atomic E-state index is 13.2. The molecule has 1 fully saturated rings. The van der Waals surface area contributed by atoms with Gasteiger partial charge < -0.3 is 24.6 Å². The third-order valence-corrected chi connectivity index (χ3v) is 6.03. The number of ketones is 1. The van der Waals surface area contributed by atoms with Crippen LogP contribution in [0, 0.1) is 24.0 Å². The number of H-pyrrole nitrogens is 1. The first-order valence-electron chi connectivity index (χ1n) is 10.9. The number of nitro groups is 1. The van der Waals surface area contributed by atoms with E-state index in [-0.39, 0.29) is 29.1 Å². The maximum absolute atomic E-state index is 13.2. The van der Waals surface area contributed by atoms with Crippen LogP contribution in [0.25, 0.3) is 5.76 Å². The number of nitrogens with one attached hydrogen (secondary N) is 1. The number of nitrogens with zero attached hydrogens (tertiary/aromatic N) is 3. The second-order valence-corrected chi connectivity index (χ2v) is 8.61. The number of carbonyl (C=O) groups is 3. The molecule has 0 aliphatic carbocycles. The summed E-state index contributed by atoms with van der Waals surface area (Å²) in [7, 11) is 5.00. The summed E-state index contributed by atoms with van der Waals surface area (Å²) in [4.78, 5) is 55.1. The summed E-state index contributed by atoms with van der Waals surface area (Å²) < 4.78 is 4.77. The minimum absolute atomic E-state index is 0.124. The van der Waals surface area contributed by atoms with E-state index < -0.39 is 34.4 Å². The molecule has 0 saturated carbocycles. The first-order chi connectivity index (χ1) is 16.5. The molecule has 35 heavy (non-hydrogen) atoms. The van der Waals surface area contributed by atoms with Gasteiger partial charge in [0.1, 0.15) is 11.5 Å². The number of nitro benzene ring substituents is 1. The van der Waals surface area contributed by atoms with Crippen LogP contribution in [0.3, 0.4) is 0 Å². The van der Waals surface area contributed by atoms with Crippen LogP contribution in [0.2, 0.25) is 0 Å². The minimum Gasteiger partial charge on any atom is -0.507 e. The number of Topliss-reactive ketones (excluding diaryl/α,β-unsaturated/α-hetero) is 1. The lowest BCUT2D eigenvalue weighted by Gasteiger charge is -2.26. The quantitative estimate of drug-likeness (QED) is 0.145. The van der Waals surface area contributed by atoms with E-state index in [2.05, 4.69) is 4.98 Å². The van der Waals surface area contributed by atoms with Gasteiger partial charge in [-0.2, -0.15) is 0 Å². The van der Waals surface area contributed by atoms with E-state index in [0.717, 1.165) is 0 Å². The van der Waals surface area contributed by atoms with Crippen molar-refractivity contribution in [2.24, 2.45) is 0 Å². The Morgan fingerprint density at radius 1 is 1.23 bits per heavy atom. The molecule has 3 rings (SSSR count). The van der Waals surface area contributed by atoms with Gasteiger partial charge in [-0.1, -0.05) is 0 Å². The summed E-state index contributed by atoms with van der Waals surface area (Å²) >= 11 is 0. The molecule has 11 nitrogen and oxygen atoms in total. The Hall–Kier alpha value is -3.99. The molecule has 0 spiro atoms. The van der Waals surface area contributed by atoms with Gasteiger partial charge in [0.05, 0.1) is 23.6 Å². The standard InChI is InChI=1S/C24H28N4O7/c1-13-17(14(2)25-19(13)24(32)35-5)21(29)18-20(15-7-9-16(10-8-15)28(33)34)27(23(31)22(18)30)12-6-11-26(3)4/h7-10,20,25,29H,6,11-12H2,1-5H3/b21-18+. The number of likely N-dealkylation sites (tertiary alicyclic amines) is 1. The Morgan fingerprint density at radius 3 is 2.40 bits per heavy atom. The number of hydrogen-bond donors (Lipinski definition) is 2. The Bertz CT molecular complexity index is 1210. The van der Waals surface area contributed by atoms with Gasteiger partial charge in [0.2, 0.25) is 0 Å². The van der Waals surface area contributed by atoms with E-state index in [9.17, 15) is 29.6 Å². The van der Waals surface area contributed by atoms with E-state index in [1.807, 2.05) is 19.0 Å². The number of carbonyl (C=O) groups excluding carboxylic acids is 3. The minimum atomic E-state index is -0.951. The lowest BCUT2D eigenvalue weighted by molar-refractivity contribution is -0.384. The molecule has 1 aromatic heterocycles. The summed E-state index contributed by atoms with van der Waals surface area (Å²) in [5.41, 5.74) is 1.30. The third-order valence-electron chi connectivity index (χ3n) is 6.03. The van der Waals surface area contributed by atoms with Crippen LogP contribution in [0.4, 0.5) is 5.69 Å². The highest BCUT2D eigenvalue weighted by molar-refractivity contribution is 6.46. The fraction of sp³-hybridized carbons (Fsp3) is 0.375. The number of amides is 1. The number of hydrogen-bond acceptors (Lipinski definition) is 8. The van der Waals surface area contributed by atoms with Crippen LogP contribution in [0.1, 0.15) is 45.3 Å². The lowest BCUT2D eigenvalue weighted by atomic mass is 9.94. The monoisotopic (exact) mass is 484 g/mol. The fourth-order valence-corrected chi connectivity index (χ4v) is 4.34. The SMILES string of the molecule is COC(=O)c1[nH]c(C)c(/C(O)=C2\C(=O)C(=O)N(CCCN(C)C)C2c2ccc([N+](=O)[O-])cc2)c1C. The molecule has 1 aliphatic heterocycles. The molecule has 1 unspecified atom stereocenters. The summed E-state index contributed by atoms with van der Waals surface area (Å²) in [6.07, 6.45) is 0.568. The average Bonchev–Trinajstić information content (AvgIpc) is 3.25. The lowest BCUT2D eigenvalue weighted by Crippen LogP contribution is -2.32. The second-order valence-electron chi connectivity index (χ2n) is 8.61. The molecule has 2 aromatic rings. The largest absolute Gasteiger partial charge is 0.507 e. The highest BCUT2D eigenvalue weighted by Crippen LogP contribution is 2.41. The topological polar surface area (TPSA) is 146 Å². The van der Waals surface area contributed by atoms with Gasteiger partial charge >= 0.3 is 5.97 Å². The molecule has 1 amide bonds. The van der Waals surface area contributed by atoms with Crippen LogP contribution < -0.4 is 0 Å². The van der Waals surface area contributed by atoms with Crippen LogP contribution >= 0.6 is 0 Å². The predicted octanol–water partition coefficient (Wildman–Crippen LogP) is 2.70. The molecule has 0 bridgehead atoms. The zero-order valence-electron chi connectivity index (χ0n) is 20.2. The zero-order valence-corrected chi connectivity index (χ0v) is 20.2. The molecule has 186 valence electrons. The van der Waals surface area contributed by atoms with Crippen molar-refractivity contribution in [3.8, 4) is 0 Å². The molecule has 0 radical (unpaired) electrons. The van der Waals surface area contributed by atoms with E-state index in [1.54, 1.807) is 13.8 Å². The number of rotatable bonds is 8. The third kappa shape index (κ3) is 4.80. The maximum Gasteiger partial charge on any atom is 0.354 e. The number of methoxy groups -OCH3 is 1. The number of aromatic nitrogens is 1. The number of aliphatic hydroxyl groups excluding tert-OH is 1. The molecule has 1 aliphatic rings. The smallest absolute Gasteiger partial charge is 0.354 e. The molecule has 1 atom stereocenters. The Balaban J connectivity index is 2.18. The van der Waals surface area contributed by atoms with Crippen LogP contribution in [-0.2, 0) is 14.3 Å². The summed E-state index contributed by atoms with van der Waals surface area (Å²) in [5, 5.41) is 22.4. The molecule has 1 aromatic carbocycles. The number of aliphatic hydroxyl groups is 1. The number of benzene rings is 1. The molecular formula is C24H28N4O7. The number of esters is 1. The summed E-state index contributed by atoms with van der Waals surface area (Å²) in [5.74, 6) is -2.70. The van der Waals surface area contributed by atoms with E-state index >= 15 is 0 Å². The predicted molar refractivity (Wildman–Crippen MR) is 127 cm³/mol. The van der Waals surface area contributed by atoms with Gasteiger partial charge in [-0.15, -0.1) is 0 Å². The van der Waals surface area contributed by atoms with Crippen LogP contribution in [0.15, 0.2) is 29.8 Å². The van der Waals surface area contributed by atoms with Crippen molar-refractivity contribution in [1.82, 2.24) is 14.8 Å². The zero-order chi connectivity index (χ0) is 26.0. The average molecular weight is 485 g/mol. The number of aromatic amines is 1. The molecular weight excluding hydrogens is 456 g/mol. The normalized spacial score (nSPS) is 17.3. The van der Waals surface area contributed by atoms with Gasteiger partial charge in [0.15, 0.2) is 0 Å². The van der Waals surface area contributed by atoms with Gasteiger partial charge in [0.25, 0.3) is 17.4 Å². The Labute approximate surface area is 202 Å². The van der Waals surface area contributed by atoms with E-state index in [4.69, 9.17) is 4.74 Å². The van der Waals surface area contributed by atoms with Crippen molar-refractivity contribution in [3.63, 3.8) is 0 Å². The molecule has 1 saturated heterocycles. The van der Waals surface area contributed by atoms with Crippen molar-refractivity contribution in [1.29, 1.82) is 0 Å².